The Labute approximate surface area is 76.3 Å². The molecule has 1 heterocycles. The second-order valence-electron chi connectivity index (χ2n) is 3.22. The van der Waals surface area contributed by atoms with Gasteiger partial charge in [0.2, 0.25) is 0 Å². The van der Waals surface area contributed by atoms with Crippen molar-refractivity contribution in [2.45, 2.75) is 33.1 Å². The first kappa shape index (κ1) is 11.9. The van der Waals surface area contributed by atoms with Gasteiger partial charge in [-0.1, -0.05) is 20.3 Å². The molecular weight excluding hydrogens is 152 g/mol. The summed E-state index contributed by atoms with van der Waals surface area (Å²) in [6.45, 7) is 7.01. The van der Waals surface area contributed by atoms with Crippen molar-refractivity contribution in [3.8, 4) is 0 Å². The molecule has 1 saturated heterocycles. The minimum Gasteiger partial charge on any atom is -0.384 e. The van der Waals surface area contributed by atoms with Gasteiger partial charge in [-0.2, -0.15) is 0 Å². The minimum absolute atomic E-state index is 0.753. The van der Waals surface area contributed by atoms with Gasteiger partial charge in [-0.25, -0.2) is 0 Å². The Morgan fingerprint density at radius 3 is 2.17 bits per heavy atom. The van der Waals surface area contributed by atoms with Gasteiger partial charge in [0.15, 0.2) is 0 Å². The van der Waals surface area contributed by atoms with Crippen LogP contribution in [0.3, 0.4) is 0 Å². The van der Waals surface area contributed by atoms with E-state index < -0.39 is 0 Å². The van der Waals surface area contributed by atoms with Crippen molar-refractivity contribution < 1.29 is 9.47 Å². The van der Waals surface area contributed by atoms with Crippen LogP contribution in [0, 0.1) is 5.92 Å². The molecule has 1 aliphatic rings. The molecule has 0 radical (unpaired) electrons. The molecule has 0 aromatic carbocycles. The number of hydrogen-bond acceptors (Lipinski definition) is 2. The third-order valence-electron chi connectivity index (χ3n) is 1.74. The molecule has 0 aliphatic carbocycles. The maximum atomic E-state index is 5.19. The molecule has 0 aromatic rings. The summed E-state index contributed by atoms with van der Waals surface area (Å²) in [5, 5.41) is 0. The number of methoxy groups -OCH3 is 1. The summed E-state index contributed by atoms with van der Waals surface area (Å²) in [6, 6.07) is 0. The maximum absolute atomic E-state index is 5.19. The van der Waals surface area contributed by atoms with Crippen molar-refractivity contribution in [2.24, 2.45) is 5.92 Å². The minimum atomic E-state index is 0.753. The van der Waals surface area contributed by atoms with Gasteiger partial charge in [0, 0.05) is 26.9 Å². The molecule has 0 atom stereocenters. The van der Waals surface area contributed by atoms with Crippen LogP contribution in [0.1, 0.15) is 33.1 Å². The molecule has 0 amide bonds. The summed E-state index contributed by atoms with van der Waals surface area (Å²) >= 11 is 0. The van der Waals surface area contributed by atoms with E-state index in [-0.39, 0.29) is 0 Å². The first-order valence-corrected chi connectivity index (χ1v) is 4.91. The standard InChI is InChI=1S/C7H14O2.C3H8/c1-8-6-7-2-4-9-5-3-7;1-3-2/h7H,2-6H2,1H3;3H2,1-2H3. The fourth-order valence-corrected chi connectivity index (χ4v) is 1.15. The monoisotopic (exact) mass is 174 g/mol. The molecule has 0 N–H and O–H groups in total. The molecule has 0 spiro atoms. The largest absolute Gasteiger partial charge is 0.384 e. The second-order valence-corrected chi connectivity index (χ2v) is 3.22. The molecule has 1 aliphatic heterocycles. The van der Waals surface area contributed by atoms with Gasteiger partial charge in [-0.15, -0.1) is 0 Å². The zero-order chi connectivity index (χ0) is 9.23. The van der Waals surface area contributed by atoms with Crippen LogP contribution in [0.25, 0.3) is 0 Å². The lowest BCUT2D eigenvalue weighted by atomic mass is 10.0. The van der Waals surface area contributed by atoms with E-state index in [2.05, 4.69) is 13.8 Å². The van der Waals surface area contributed by atoms with Crippen LogP contribution in [-0.4, -0.2) is 26.9 Å². The molecule has 0 bridgehead atoms. The van der Waals surface area contributed by atoms with Crippen LogP contribution in [0.4, 0.5) is 0 Å². The van der Waals surface area contributed by atoms with Gasteiger partial charge in [-0.3, -0.25) is 0 Å². The topological polar surface area (TPSA) is 18.5 Å². The van der Waals surface area contributed by atoms with Gasteiger partial charge in [-0.05, 0) is 18.8 Å². The first-order chi connectivity index (χ1) is 5.85. The van der Waals surface area contributed by atoms with Crippen molar-refractivity contribution >= 4 is 0 Å². The maximum Gasteiger partial charge on any atom is 0.0492 e. The Morgan fingerprint density at radius 1 is 1.25 bits per heavy atom. The van der Waals surface area contributed by atoms with E-state index in [1.54, 1.807) is 7.11 Å². The van der Waals surface area contributed by atoms with E-state index in [1.807, 2.05) is 0 Å². The van der Waals surface area contributed by atoms with Gasteiger partial charge < -0.3 is 9.47 Å². The zero-order valence-electron chi connectivity index (χ0n) is 8.64. The Kier molecular flexibility index (Phi) is 8.95. The number of rotatable bonds is 2. The van der Waals surface area contributed by atoms with Crippen LogP contribution < -0.4 is 0 Å². The lowest BCUT2D eigenvalue weighted by Gasteiger charge is -2.20. The molecule has 12 heavy (non-hydrogen) atoms. The van der Waals surface area contributed by atoms with Gasteiger partial charge in [0.1, 0.15) is 0 Å². The first-order valence-electron chi connectivity index (χ1n) is 4.91. The third kappa shape index (κ3) is 6.62. The number of ether oxygens (including phenoxy) is 2. The average Bonchev–Trinajstić information content (AvgIpc) is 2.08. The highest BCUT2D eigenvalue weighted by Crippen LogP contribution is 2.13. The molecule has 0 unspecified atom stereocenters. The highest BCUT2D eigenvalue weighted by molar-refractivity contribution is 4.61. The zero-order valence-corrected chi connectivity index (χ0v) is 8.64. The van der Waals surface area contributed by atoms with Crippen molar-refractivity contribution in [3.63, 3.8) is 0 Å². The summed E-state index contributed by atoms with van der Waals surface area (Å²) in [5.74, 6) is 0.753. The lowest BCUT2D eigenvalue weighted by molar-refractivity contribution is 0.0343. The van der Waals surface area contributed by atoms with Crippen molar-refractivity contribution in [3.05, 3.63) is 0 Å². The van der Waals surface area contributed by atoms with Crippen molar-refractivity contribution in [1.29, 1.82) is 0 Å². The van der Waals surface area contributed by atoms with Crippen LogP contribution in [0.2, 0.25) is 0 Å². The van der Waals surface area contributed by atoms with Crippen LogP contribution in [0.15, 0.2) is 0 Å². The van der Waals surface area contributed by atoms with E-state index in [9.17, 15) is 0 Å². The predicted molar refractivity (Wildman–Crippen MR) is 51.4 cm³/mol. The fraction of sp³-hybridized carbons (Fsp3) is 1.00. The molecule has 0 saturated carbocycles. The SMILES string of the molecule is CCC.COCC1CCOCC1. The van der Waals surface area contributed by atoms with Crippen LogP contribution in [0.5, 0.6) is 0 Å². The van der Waals surface area contributed by atoms with E-state index in [1.165, 1.54) is 19.3 Å². The molecule has 2 nitrogen and oxygen atoms in total. The van der Waals surface area contributed by atoms with Crippen molar-refractivity contribution in [2.75, 3.05) is 26.9 Å². The van der Waals surface area contributed by atoms with E-state index in [0.717, 1.165) is 25.7 Å². The Bertz CT molecular complexity index is 75.2. The normalized spacial score (nSPS) is 18.2. The molecule has 1 fully saturated rings. The quantitative estimate of drug-likeness (QED) is 0.640. The Morgan fingerprint density at radius 2 is 1.75 bits per heavy atom. The van der Waals surface area contributed by atoms with Crippen LogP contribution >= 0.6 is 0 Å². The van der Waals surface area contributed by atoms with E-state index in [4.69, 9.17) is 9.47 Å². The highest BCUT2D eigenvalue weighted by Gasteiger charge is 2.12. The third-order valence-corrected chi connectivity index (χ3v) is 1.74. The molecular formula is C10H22O2. The average molecular weight is 174 g/mol. The Hall–Kier alpha value is -0.0800. The summed E-state index contributed by atoms with van der Waals surface area (Å²) < 4.78 is 10.2. The van der Waals surface area contributed by atoms with Crippen LogP contribution in [-0.2, 0) is 9.47 Å². The van der Waals surface area contributed by atoms with Gasteiger partial charge >= 0.3 is 0 Å². The molecule has 2 heteroatoms. The lowest BCUT2D eigenvalue weighted by Crippen LogP contribution is -2.19. The molecule has 0 aromatic heterocycles. The van der Waals surface area contributed by atoms with E-state index >= 15 is 0 Å². The second kappa shape index (κ2) is 9.01. The summed E-state index contributed by atoms with van der Waals surface area (Å²) in [7, 11) is 1.76. The fourth-order valence-electron chi connectivity index (χ4n) is 1.15. The Balaban J connectivity index is 0.000000354. The molecule has 1 rings (SSSR count). The summed E-state index contributed by atoms with van der Waals surface area (Å²) in [4.78, 5) is 0. The predicted octanol–water partition coefficient (Wildman–Crippen LogP) is 2.48. The van der Waals surface area contributed by atoms with Gasteiger partial charge in [0.25, 0.3) is 0 Å². The van der Waals surface area contributed by atoms with E-state index in [0.29, 0.717) is 0 Å². The smallest absolute Gasteiger partial charge is 0.0492 e. The highest BCUT2D eigenvalue weighted by atomic mass is 16.5. The van der Waals surface area contributed by atoms with Gasteiger partial charge in [0.05, 0.1) is 0 Å². The summed E-state index contributed by atoms with van der Waals surface area (Å²) in [5.41, 5.74) is 0. The van der Waals surface area contributed by atoms with Crippen molar-refractivity contribution in [1.82, 2.24) is 0 Å². The number of hydrogen-bond donors (Lipinski definition) is 0. The summed E-state index contributed by atoms with van der Waals surface area (Å²) in [6.07, 6.45) is 3.60. The molecule has 74 valence electrons.